The average Bonchev–Trinajstić information content (AvgIpc) is 2.55. The molecule has 0 bridgehead atoms. The Labute approximate surface area is 141 Å². The van der Waals surface area contributed by atoms with Gasteiger partial charge in [0.1, 0.15) is 6.10 Å². The van der Waals surface area contributed by atoms with E-state index in [0.717, 1.165) is 6.42 Å². The van der Waals surface area contributed by atoms with Gasteiger partial charge in [-0.1, -0.05) is 80.3 Å². The lowest BCUT2D eigenvalue weighted by atomic mass is 9.95. The van der Waals surface area contributed by atoms with Gasteiger partial charge in [-0.05, 0) is 23.1 Å². The van der Waals surface area contributed by atoms with Gasteiger partial charge in [-0.3, -0.25) is 0 Å². The molecule has 0 amide bonds. The van der Waals surface area contributed by atoms with Gasteiger partial charge in [0, 0.05) is 0 Å². The predicted molar refractivity (Wildman–Crippen MR) is 100 cm³/mol. The second-order valence-electron chi connectivity index (χ2n) is 6.86. The molecule has 2 aromatic rings. The zero-order valence-corrected chi connectivity index (χ0v) is 15.7. The quantitative estimate of drug-likeness (QED) is 0.781. The molecule has 0 saturated heterocycles. The van der Waals surface area contributed by atoms with E-state index in [9.17, 15) is 5.11 Å². The second kappa shape index (κ2) is 7.91. The Morgan fingerprint density at radius 2 is 1.57 bits per heavy atom. The van der Waals surface area contributed by atoms with Crippen molar-refractivity contribution in [2.45, 2.75) is 39.1 Å². The maximum atomic E-state index is 9.25. The summed E-state index contributed by atoms with van der Waals surface area (Å²) in [6.45, 7) is 9.65. The molecule has 2 rings (SSSR count). The molecule has 1 N–H and O–H groups in total. The summed E-state index contributed by atoms with van der Waals surface area (Å²) in [5.41, 5.74) is 3.77. The van der Waals surface area contributed by atoms with Crippen LogP contribution in [0.2, 0.25) is 19.6 Å². The SMILES string of the molecule is CCc1ccccc1C(OCCO)c1ccccc1[Si](C)(C)C. The van der Waals surface area contributed by atoms with Crippen LogP contribution in [0.4, 0.5) is 0 Å². The van der Waals surface area contributed by atoms with Crippen LogP contribution in [-0.2, 0) is 11.2 Å². The molecular weight excluding hydrogens is 300 g/mol. The van der Waals surface area contributed by atoms with E-state index in [2.05, 4.69) is 75.1 Å². The van der Waals surface area contributed by atoms with E-state index >= 15 is 0 Å². The van der Waals surface area contributed by atoms with Crippen LogP contribution in [0, 0.1) is 0 Å². The van der Waals surface area contributed by atoms with Gasteiger partial charge in [0.15, 0.2) is 0 Å². The molecule has 2 nitrogen and oxygen atoms in total. The highest BCUT2D eigenvalue weighted by Crippen LogP contribution is 2.29. The summed E-state index contributed by atoms with van der Waals surface area (Å²) in [5, 5.41) is 10.7. The van der Waals surface area contributed by atoms with E-state index in [1.807, 2.05) is 0 Å². The smallest absolute Gasteiger partial charge is 0.108 e. The Hall–Kier alpha value is -1.42. The maximum Gasteiger partial charge on any atom is 0.108 e. The first-order valence-corrected chi connectivity index (χ1v) is 11.9. The van der Waals surface area contributed by atoms with Crippen LogP contribution in [0.5, 0.6) is 0 Å². The number of benzene rings is 2. The highest BCUT2D eigenvalue weighted by molar-refractivity contribution is 6.89. The van der Waals surface area contributed by atoms with E-state index in [-0.39, 0.29) is 12.7 Å². The molecule has 0 aliphatic heterocycles. The number of rotatable bonds is 7. The van der Waals surface area contributed by atoms with Crippen LogP contribution in [0.3, 0.4) is 0 Å². The van der Waals surface area contributed by atoms with Gasteiger partial charge >= 0.3 is 0 Å². The molecule has 0 aliphatic carbocycles. The van der Waals surface area contributed by atoms with E-state index < -0.39 is 8.07 Å². The minimum Gasteiger partial charge on any atom is -0.394 e. The molecular formula is C20H28O2Si. The number of aryl methyl sites for hydroxylation is 1. The number of ether oxygens (including phenoxy) is 1. The molecule has 3 heteroatoms. The van der Waals surface area contributed by atoms with Gasteiger partial charge in [0.05, 0.1) is 21.3 Å². The minimum atomic E-state index is -1.48. The Morgan fingerprint density at radius 1 is 0.957 bits per heavy atom. The number of aliphatic hydroxyl groups excluding tert-OH is 1. The molecule has 23 heavy (non-hydrogen) atoms. The summed E-state index contributed by atoms with van der Waals surface area (Å²) in [5.74, 6) is 0. The Kier molecular flexibility index (Phi) is 6.16. The van der Waals surface area contributed by atoms with Crippen LogP contribution in [-0.4, -0.2) is 26.4 Å². The molecule has 0 aliphatic rings. The Bertz CT molecular complexity index is 632. The van der Waals surface area contributed by atoms with Gasteiger partial charge in [-0.15, -0.1) is 0 Å². The number of aliphatic hydroxyl groups is 1. The first kappa shape index (κ1) is 17.9. The molecule has 1 atom stereocenters. The van der Waals surface area contributed by atoms with Crippen LogP contribution < -0.4 is 5.19 Å². The van der Waals surface area contributed by atoms with Crippen molar-refractivity contribution in [1.82, 2.24) is 0 Å². The van der Waals surface area contributed by atoms with Gasteiger partial charge in [-0.2, -0.15) is 0 Å². The van der Waals surface area contributed by atoms with E-state index in [1.54, 1.807) is 0 Å². The normalized spacial score (nSPS) is 13.1. The molecule has 0 saturated carbocycles. The van der Waals surface area contributed by atoms with Crippen LogP contribution in [0.1, 0.15) is 29.7 Å². The Morgan fingerprint density at radius 3 is 2.17 bits per heavy atom. The summed E-state index contributed by atoms with van der Waals surface area (Å²) in [6.07, 6.45) is 0.866. The fourth-order valence-corrected chi connectivity index (χ4v) is 4.71. The largest absolute Gasteiger partial charge is 0.394 e. The zero-order chi connectivity index (χ0) is 16.9. The maximum absolute atomic E-state index is 9.25. The van der Waals surface area contributed by atoms with E-state index in [1.165, 1.54) is 21.9 Å². The molecule has 0 fully saturated rings. The standard InChI is InChI=1S/C20H28O2Si/c1-5-16-10-6-7-11-17(16)20(22-15-14-21)18-12-8-9-13-19(18)23(2,3)4/h6-13,20-21H,5,14-15H2,1-4H3. The first-order chi connectivity index (χ1) is 11.0. The number of hydrogen-bond donors (Lipinski definition) is 1. The van der Waals surface area contributed by atoms with Crippen molar-refractivity contribution >= 4 is 13.3 Å². The average molecular weight is 329 g/mol. The Balaban J connectivity index is 2.56. The summed E-state index contributed by atoms with van der Waals surface area (Å²) in [4.78, 5) is 0. The summed E-state index contributed by atoms with van der Waals surface area (Å²) in [7, 11) is -1.48. The van der Waals surface area contributed by atoms with Crippen molar-refractivity contribution in [2.75, 3.05) is 13.2 Å². The molecule has 0 spiro atoms. The topological polar surface area (TPSA) is 29.5 Å². The third-order valence-corrected chi connectivity index (χ3v) is 6.22. The fraction of sp³-hybridized carbons (Fsp3) is 0.400. The molecule has 0 heterocycles. The van der Waals surface area contributed by atoms with Crippen LogP contribution >= 0.6 is 0 Å². The molecule has 124 valence electrons. The second-order valence-corrected chi connectivity index (χ2v) is 11.9. The lowest BCUT2D eigenvalue weighted by Crippen LogP contribution is -2.41. The summed E-state index contributed by atoms with van der Waals surface area (Å²) < 4.78 is 6.11. The third-order valence-electron chi connectivity index (χ3n) is 4.15. The monoisotopic (exact) mass is 328 g/mol. The lowest BCUT2D eigenvalue weighted by molar-refractivity contribution is 0.0502. The van der Waals surface area contributed by atoms with Crippen molar-refractivity contribution in [3.05, 3.63) is 65.2 Å². The molecule has 0 aromatic heterocycles. The zero-order valence-electron chi connectivity index (χ0n) is 14.7. The summed E-state index contributed by atoms with van der Waals surface area (Å²) in [6, 6.07) is 17.1. The van der Waals surface area contributed by atoms with Gasteiger partial charge in [-0.25, -0.2) is 0 Å². The summed E-state index contributed by atoms with van der Waals surface area (Å²) >= 11 is 0. The van der Waals surface area contributed by atoms with E-state index in [0.29, 0.717) is 6.61 Å². The van der Waals surface area contributed by atoms with Gasteiger partial charge < -0.3 is 9.84 Å². The number of hydrogen-bond acceptors (Lipinski definition) is 2. The highest BCUT2D eigenvalue weighted by Gasteiger charge is 2.26. The molecule has 0 radical (unpaired) electrons. The first-order valence-electron chi connectivity index (χ1n) is 8.38. The van der Waals surface area contributed by atoms with Crippen molar-refractivity contribution in [3.8, 4) is 0 Å². The van der Waals surface area contributed by atoms with E-state index in [4.69, 9.17) is 4.74 Å². The third kappa shape index (κ3) is 4.31. The van der Waals surface area contributed by atoms with Crippen molar-refractivity contribution < 1.29 is 9.84 Å². The van der Waals surface area contributed by atoms with Gasteiger partial charge in [0.2, 0.25) is 0 Å². The van der Waals surface area contributed by atoms with Gasteiger partial charge in [0.25, 0.3) is 0 Å². The lowest BCUT2D eigenvalue weighted by Gasteiger charge is -2.28. The van der Waals surface area contributed by atoms with Crippen molar-refractivity contribution in [1.29, 1.82) is 0 Å². The van der Waals surface area contributed by atoms with Crippen molar-refractivity contribution in [2.24, 2.45) is 0 Å². The fourth-order valence-electron chi connectivity index (χ4n) is 3.04. The van der Waals surface area contributed by atoms with Crippen molar-refractivity contribution in [3.63, 3.8) is 0 Å². The predicted octanol–water partition coefficient (Wildman–Crippen LogP) is 3.89. The highest BCUT2D eigenvalue weighted by atomic mass is 28.3. The molecule has 1 unspecified atom stereocenters. The molecule has 2 aromatic carbocycles. The van der Waals surface area contributed by atoms with Crippen LogP contribution in [0.25, 0.3) is 0 Å². The minimum absolute atomic E-state index is 0.0416. The van der Waals surface area contributed by atoms with Crippen LogP contribution in [0.15, 0.2) is 48.5 Å².